The standard InChI is InChI=1S/C7H9NO.CH2O2/c1-9-8-7-5-3-2-4-6-7;2-1-3/h2-6,8H,1H3;1H,(H,2,3). The number of nitrogens with one attached hydrogen (secondary N) is 1. The number of hydrogen-bond acceptors (Lipinski definition) is 3. The molecular weight excluding hydrogens is 158 g/mol. The van der Waals surface area contributed by atoms with Crippen molar-refractivity contribution in [2.75, 3.05) is 12.6 Å². The highest BCUT2D eigenvalue weighted by Crippen LogP contribution is 2.03. The normalized spacial score (nSPS) is 7.75. The molecule has 0 bridgehead atoms. The minimum atomic E-state index is -0.250. The van der Waals surface area contributed by atoms with Crippen LogP contribution in [-0.2, 0) is 9.63 Å². The van der Waals surface area contributed by atoms with Gasteiger partial charge in [0.25, 0.3) is 6.47 Å². The van der Waals surface area contributed by atoms with Gasteiger partial charge >= 0.3 is 0 Å². The topological polar surface area (TPSA) is 58.6 Å². The molecule has 0 amide bonds. The van der Waals surface area contributed by atoms with Crippen molar-refractivity contribution in [1.29, 1.82) is 0 Å². The zero-order chi connectivity index (χ0) is 9.23. The van der Waals surface area contributed by atoms with E-state index in [0.29, 0.717) is 0 Å². The summed E-state index contributed by atoms with van der Waals surface area (Å²) in [4.78, 5) is 13.0. The zero-order valence-corrected chi connectivity index (χ0v) is 6.73. The molecule has 1 aromatic rings. The Kier molecular flexibility index (Phi) is 6.58. The Morgan fingerprint density at radius 3 is 2.33 bits per heavy atom. The third kappa shape index (κ3) is 5.25. The smallest absolute Gasteiger partial charge is 0.290 e. The quantitative estimate of drug-likeness (QED) is 0.518. The lowest BCUT2D eigenvalue weighted by Crippen LogP contribution is -1.93. The Labute approximate surface area is 70.7 Å². The van der Waals surface area contributed by atoms with Crippen molar-refractivity contribution in [3.8, 4) is 0 Å². The van der Waals surface area contributed by atoms with Gasteiger partial charge in [0.2, 0.25) is 0 Å². The second kappa shape index (κ2) is 7.56. The van der Waals surface area contributed by atoms with Crippen molar-refractivity contribution in [2.45, 2.75) is 0 Å². The van der Waals surface area contributed by atoms with Crippen molar-refractivity contribution in [3.05, 3.63) is 30.3 Å². The van der Waals surface area contributed by atoms with E-state index in [4.69, 9.17) is 9.90 Å². The molecule has 0 fully saturated rings. The monoisotopic (exact) mass is 169 g/mol. The average molecular weight is 169 g/mol. The molecule has 0 aliphatic carbocycles. The lowest BCUT2D eigenvalue weighted by molar-refractivity contribution is -0.122. The van der Waals surface area contributed by atoms with Crippen LogP contribution in [0.15, 0.2) is 30.3 Å². The molecule has 0 saturated carbocycles. The third-order valence-electron chi connectivity index (χ3n) is 0.994. The predicted molar refractivity (Wildman–Crippen MR) is 45.8 cm³/mol. The number of carbonyl (C=O) groups is 1. The highest BCUT2D eigenvalue weighted by molar-refractivity contribution is 5.39. The van der Waals surface area contributed by atoms with Gasteiger partial charge < -0.3 is 5.11 Å². The summed E-state index contributed by atoms with van der Waals surface area (Å²) in [6, 6.07) is 9.72. The summed E-state index contributed by atoms with van der Waals surface area (Å²) in [5, 5.41) is 6.89. The molecule has 0 unspecified atom stereocenters. The van der Waals surface area contributed by atoms with Crippen LogP contribution >= 0.6 is 0 Å². The lowest BCUT2D eigenvalue weighted by Gasteiger charge is -1.99. The van der Waals surface area contributed by atoms with Gasteiger partial charge in [0.15, 0.2) is 0 Å². The molecule has 66 valence electrons. The summed E-state index contributed by atoms with van der Waals surface area (Å²) in [6.07, 6.45) is 0. The van der Waals surface area contributed by atoms with E-state index in [1.807, 2.05) is 30.3 Å². The van der Waals surface area contributed by atoms with Crippen molar-refractivity contribution >= 4 is 12.2 Å². The molecule has 2 N–H and O–H groups in total. The number of benzene rings is 1. The van der Waals surface area contributed by atoms with E-state index in [1.165, 1.54) is 0 Å². The number of para-hydroxylation sites is 1. The van der Waals surface area contributed by atoms with Crippen LogP contribution < -0.4 is 5.48 Å². The van der Waals surface area contributed by atoms with Crippen molar-refractivity contribution in [2.24, 2.45) is 0 Å². The Morgan fingerprint density at radius 2 is 1.92 bits per heavy atom. The fourth-order valence-electron chi connectivity index (χ4n) is 0.624. The van der Waals surface area contributed by atoms with E-state index >= 15 is 0 Å². The summed E-state index contributed by atoms with van der Waals surface area (Å²) in [7, 11) is 1.59. The summed E-state index contributed by atoms with van der Waals surface area (Å²) in [5.41, 5.74) is 3.68. The van der Waals surface area contributed by atoms with E-state index < -0.39 is 0 Å². The molecule has 0 heterocycles. The fourth-order valence-corrected chi connectivity index (χ4v) is 0.624. The van der Waals surface area contributed by atoms with E-state index in [9.17, 15) is 0 Å². The van der Waals surface area contributed by atoms with Crippen LogP contribution in [0.1, 0.15) is 0 Å². The second-order valence-corrected chi connectivity index (χ2v) is 1.78. The molecule has 1 rings (SSSR count). The minimum absolute atomic E-state index is 0.250. The van der Waals surface area contributed by atoms with Gasteiger partial charge in [-0.3, -0.25) is 15.1 Å². The van der Waals surface area contributed by atoms with Crippen LogP contribution in [0.25, 0.3) is 0 Å². The van der Waals surface area contributed by atoms with Gasteiger partial charge in [-0.2, -0.15) is 0 Å². The molecule has 0 radical (unpaired) electrons. The number of hydrogen-bond donors (Lipinski definition) is 2. The highest BCUT2D eigenvalue weighted by atomic mass is 16.6. The van der Waals surface area contributed by atoms with Gasteiger partial charge in [-0.25, -0.2) is 0 Å². The first kappa shape index (κ1) is 10.4. The van der Waals surface area contributed by atoms with Crippen LogP contribution in [0.3, 0.4) is 0 Å². The third-order valence-corrected chi connectivity index (χ3v) is 0.994. The SMILES string of the molecule is CONc1ccccc1.O=CO. The molecule has 0 aliphatic heterocycles. The van der Waals surface area contributed by atoms with E-state index in [0.717, 1.165) is 5.69 Å². The molecule has 0 saturated heterocycles. The van der Waals surface area contributed by atoms with Crippen molar-refractivity contribution in [3.63, 3.8) is 0 Å². The predicted octanol–water partition coefficient (Wildman–Crippen LogP) is 1.36. The molecule has 0 aromatic heterocycles. The van der Waals surface area contributed by atoms with Crippen molar-refractivity contribution < 1.29 is 14.7 Å². The molecule has 0 aliphatic rings. The maximum atomic E-state index is 8.36. The maximum absolute atomic E-state index is 8.36. The van der Waals surface area contributed by atoms with Gasteiger partial charge in [-0.15, -0.1) is 0 Å². The summed E-state index contributed by atoms with van der Waals surface area (Å²) < 4.78 is 0. The van der Waals surface area contributed by atoms with Crippen LogP contribution in [0.2, 0.25) is 0 Å². The molecular formula is C8H11NO3. The Balaban J connectivity index is 0.000000354. The van der Waals surface area contributed by atoms with Gasteiger partial charge in [0.1, 0.15) is 0 Å². The van der Waals surface area contributed by atoms with Crippen LogP contribution in [0.4, 0.5) is 5.69 Å². The summed E-state index contributed by atoms with van der Waals surface area (Å²) in [5.74, 6) is 0. The van der Waals surface area contributed by atoms with Crippen LogP contribution in [-0.4, -0.2) is 18.7 Å². The van der Waals surface area contributed by atoms with Gasteiger partial charge in [0.05, 0.1) is 12.8 Å². The largest absolute Gasteiger partial charge is 0.483 e. The van der Waals surface area contributed by atoms with Gasteiger partial charge in [0, 0.05) is 0 Å². The summed E-state index contributed by atoms with van der Waals surface area (Å²) >= 11 is 0. The molecule has 4 nitrogen and oxygen atoms in total. The fraction of sp³-hybridized carbons (Fsp3) is 0.125. The zero-order valence-electron chi connectivity index (χ0n) is 6.73. The molecule has 0 atom stereocenters. The van der Waals surface area contributed by atoms with E-state index in [2.05, 4.69) is 10.3 Å². The highest BCUT2D eigenvalue weighted by Gasteiger charge is 1.82. The van der Waals surface area contributed by atoms with Gasteiger partial charge in [-0.05, 0) is 12.1 Å². The maximum Gasteiger partial charge on any atom is 0.290 e. The number of anilines is 1. The first-order chi connectivity index (χ1) is 5.85. The minimum Gasteiger partial charge on any atom is -0.483 e. The number of carboxylic acid groups (broad SMARTS) is 1. The second-order valence-electron chi connectivity index (χ2n) is 1.78. The molecule has 1 aromatic carbocycles. The molecule has 0 spiro atoms. The molecule has 12 heavy (non-hydrogen) atoms. The first-order valence-corrected chi connectivity index (χ1v) is 3.27. The Hall–Kier alpha value is -1.55. The summed E-state index contributed by atoms with van der Waals surface area (Å²) in [6.45, 7) is -0.250. The van der Waals surface area contributed by atoms with Crippen molar-refractivity contribution in [1.82, 2.24) is 0 Å². The van der Waals surface area contributed by atoms with E-state index in [1.54, 1.807) is 7.11 Å². The van der Waals surface area contributed by atoms with Gasteiger partial charge in [-0.1, -0.05) is 18.2 Å². The van der Waals surface area contributed by atoms with E-state index in [-0.39, 0.29) is 6.47 Å². The Bertz CT molecular complexity index is 201. The lowest BCUT2D eigenvalue weighted by atomic mass is 10.3. The Morgan fingerprint density at radius 1 is 1.42 bits per heavy atom. The molecule has 4 heteroatoms. The average Bonchev–Trinajstić information content (AvgIpc) is 2.08. The first-order valence-electron chi connectivity index (χ1n) is 3.27. The number of rotatable bonds is 2. The van der Waals surface area contributed by atoms with Crippen LogP contribution in [0.5, 0.6) is 0 Å². The van der Waals surface area contributed by atoms with Crippen LogP contribution in [0, 0.1) is 0 Å².